The first kappa shape index (κ1) is 14.4. The van der Waals surface area contributed by atoms with E-state index in [1.54, 1.807) is 14.2 Å². The first-order valence-corrected chi connectivity index (χ1v) is 8.55. The van der Waals surface area contributed by atoms with Crippen LogP contribution in [0, 0.1) is 0 Å². The van der Waals surface area contributed by atoms with Crippen molar-refractivity contribution in [2.45, 2.75) is 38.3 Å². The molecule has 1 aromatic carbocycles. The quantitative estimate of drug-likeness (QED) is 0.684. The van der Waals surface area contributed by atoms with Crippen LogP contribution >= 0.6 is 0 Å². The SMILES string of the molecule is CCC[Si](CC(C)c1ccccc1)(OC)OC. The first-order chi connectivity index (χ1) is 8.17. The smallest absolute Gasteiger partial charge is 0.338 e. The number of hydrogen-bond acceptors (Lipinski definition) is 2. The Balaban J connectivity index is 2.73. The summed E-state index contributed by atoms with van der Waals surface area (Å²) in [5.74, 6) is 0.495. The molecule has 1 atom stereocenters. The average Bonchev–Trinajstić information content (AvgIpc) is 2.39. The van der Waals surface area contributed by atoms with E-state index in [9.17, 15) is 0 Å². The minimum atomic E-state index is -1.99. The van der Waals surface area contributed by atoms with Gasteiger partial charge in [0, 0.05) is 14.2 Å². The molecule has 0 aliphatic carbocycles. The van der Waals surface area contributed by atoms with Gasteiger partial charge in [0.2, 0.25) is 0 Å². The van der Waals surface area contributed by atoms with Gasteiger partial charge in [0.25, 0.3) is 0 Å². The van der Waals surface area contributed by atoms with E-state index in [0.29, 0.717) is 5.92 Å². The standard InChI is InChI=1S/C14H24O2Si/c1-5-11-17(15-3,16-4)12-13(2)14-9-7-6-8-10-14/h6-10,13H,5,11-12H2,1-4H3. The molecule has 0 N–H and O–H groups in total. The topological polar surface area (TPSA) is 18.5 Å². The fourth-order valence-electron chi connectivity index (χ4n) is 2.30. The molecule has 0 heterocycles. The molecule has 17 heavy (non-hydrogen) atoms. The van der Waals surface area contributed by atoms with Gasteiger partial charge in [-0.15, -0.1) is 0 Å². The molecule has 0 bridgehead atoms. The second kappa shape index (κ2) is 6.94. The maximum Gasteiger partial charge on any atom is 0.338 e. The van der Waals surface area contributed by atoms with Gasteiger partial charge in [0.05, 0.1) is 0 Å². The highest BCUT2D eigenvalue weighted by molar-refractivity contribution is 6.67. The van der Waals surface area contributed by atoms with Crippen molar-refractivity contribution < 1.29 is 8.85 Å². The summed E-state index contributed by atoms with van der Waals surface area (Å²) >= 11 is 0. The van der Waals surface area contributed by atoms with Crippen molar-refractivity contribution in [3.05, 3.63) is 35.9 Å². The Kier molecular flexibility index (Phi) is 5.89. The van der Waals surface area contributed by atoms with Crippen molar-refractivity contribution in [2.75, 3.05) is 14.2 Å². The van der Waals surface area contributed by atoms with Crippen molar-refractivity contribution in [1.29, 1.82) is 0 Å². The molecule has 0 fully saturated rings. The van der Waals surface area contributed by atoms with Crippen molar-refractivity contribution in [3.8, 4) is 0 Å². The van der Waals surface area contributed by atoms with Crippen LogP contribution in [0.2, 0.25) is 12.1 Å². The predicted octanol–water partition coefficient (Wildman–Crippen LogP) is 3.94. The zero-order chi connectivity index (χ0) is 12.7. The molecular formula is C14H24O2Si. The van der Waals surface area contributed by atoms with E-state index < -0.39 is 8.56 Å². The molecule has 1 unspecified atom stereocenters. The highest BCUT2D eigenvalue weighted by Gasteiger charge is 2.36. The molecule has 96 valence electrons. The summed E-state index contributed by atoms with van der Waals surface area (Å²) in [6, 6.07) is 12.7. The van der Waals surface area contributed by atoms with Gasteiger partial charge in [-0.1, -0.05) is 50.6 Å². The van der Waals surface area contributed by atoms with E-state index in [1.165, 1.54) is 5.56 Å². The average molecular weight is 252 g/mol. The molecule has 0 spiro atoms. The van der Waals surface area contributed by atoms with E-state index >= 15 is 0 Å². The second-order valence-electron chi connectivity index (χ2n) is 4.58. The Morgan fingerprint density at radius 2 is 1.71 bits per heavy atom. The van der Waals surface area contributed by atoms with Gasteiger partial charge in [-0.3, -0.25) is 0 Å². The fourth-order valence-corrected chi connectivity index (χ4v) is 5.35. The van der Waals surface area contributed by atoms with Crippen LogP contribution in [0.15, 0.2) is 30.3 Å². The van der Waals surface area contributed by atoms with Crippen LogP contribution < -0.4 is 0 Å². The molecule has 0 aliphatic rings. The molecule has 0 saturated heterocycles. The maximum atomic E-state index is 5.74. The lowest BCUT2D eigenvalue weighted by molar-refractivity contribution is 0.238. The molecule has 0 aliphatic heterocycles. The summed E-state index contributed by atoms with van der Waals surface area (Å²) in [6.45, 7) is 4.44. The summed E-state index contributed by atoms with van der Waals surface area (Å²) in [5, 5.41) is 0. The Labute approximate surface area is 106 Å². The van der Waals surface area contributed by atoms with Gasteiger partial charge < -0.3 is 8.85 Å². The normalized spacial score (nSPS) is 13.6. The van der Waals surface area contributed by atoms with E-state index in [2.05, 4.69) is 44.2 Å². The lowest BCUT2D eigenvalue weighted by Gasteiger charge is -2.29. The molecule has 0 saturated carbocycles. The zero-order valence-electron chi connectivity index (χ0n) is 11.4. The summed E-state index contributed by atoms with van der Waals surface area (Å²) in [6.07, 6.45) is 1.12. The van der Waals surface area contributed by atoms with Crippen LogP contribution in [0.5, 0.6) is 0 Å². The Morgan fingerprint density at radius 3 is 2.18 bits per heavy atom. The summed E-state index contributed by atoms with van der Waals surface area (Å²) in [5.41, 5.74) is 1.37. The first-order valence-electron chi connectivity index (χ1n) is 6.32. The van der Waals surface area contributed by atoms with Gasteiger partial charge in [-0.05, 0) is 23.6 Å². The van der Waals surface area contributed by atoms with Crippen molar-refractivity contribution in [1.82, 2.24) is 0 Å². The van der Waals surface area contributed by atoms with Crippen LogP contribution in [0.25, 0.3) is 0 Å². The summed E-state index contributed by atoms with van der Waals surface area (Å²) in [4.78, 5) is 0. The third-order valence-electron chi connectivity index (χ3n) is 3.36. The van der Waals surface area contributed by atoms with Gasteiger partial charge in [0.1, 0.15) is 0 Å². The maximum absolute atomic E-state index is 5.74. The molecule has 2 nitrogen and oxygen atoms in total. The summed E-state index contributed by atoms with van der Waals surface area (Å²) in [7, 11) is 1.60. The monoisotopic (exact) mass is 252 g/mol. The van der Waals surface area contributed by atoms with Gasteiger partial charge >= 0.3 is 8.56 Å². The molecule has 0 amide bonds. The van der Waals surface area contributed by atoms with E-state index in [-0.39, 0.29) is 0 Å². The van der Waals surface area contributed by atoms with Gasteiger partial charge in [-0.25, -0.2) is 0 Å². The minimum Gasteiger partial charge on any atom is -0.398 e. The Hall–Kier alpha value is -0.643. The largest absolute Gasteiger partial charge is 0.398 e. The third-order valence-corrected chi connectivity index (χ3v) is 7.34. The second-order valence-corrected chi connectivity index (χ2v) is 8.13. The van der Waals surface area contributed by atoms with Crippen molar-refractivity contribution in [3.63, 3.8) is 0 Å². The third kappa shape index (κ3) is 3.94. The number of hydrogen-bond donors (Lipinski definition) is 0. The highest BCUT2D eigenvalue weighted by Crippen LogP contribution is 2.30. The molecule has 0 radical (unpaired) electrons. The van der Waals surface area contributed by atoms with Gasteiger partial charge in [0.15, 0.2) is 0 Å². The van der Waals surface area contributed by atoms with Gasteiger partial charge in [-0.2, -0.15) is 0 Å². The fraction of sp³-hybridized carbons (Fsp3) is 0.571. The zero-order valence-corrected chi connectivity index (χ0v) is 12.4. The number of benzene rings is 1. The molecule has 0 aromatic heterocycles. The number of rotatable bonds is 7. The lowest BCUT2D eigenvalue weighted by Crippen LogP contribution is -2.40. The highest BCUT2D eigenvalue weighted by atomic mass is 28.4. The minimum absolute atomic E-state index is 0.495. The van der Waals surface area contributed by atoms with Crippen molar-refractivity contribution in [2.24, 2.45) is 0 Å². The predicted molar refractivity (Wildman–Crippen MR) is 74.5 cm³/mol. The Morgan fingerprint density at radius 1 is 1.12 bits per heavy atom. The lowest BCUT2D eigenvalue weighted by atomic mass is 10.0. The summed E-state index contributed by atoms with van der Waals surface area (Å²) < 4.78 is 11.5. The van der Waals surface area contributed by atoms with Crippen molar-refractivity contribution >= 4 is 8.56 Å². The Bertz CT molecular complexity index is 309. The van der Waals surface area contributed by atoms with E-state index in [4.69, 9.17) is 8.85 Å². The molecule has 1 aromatic rings. The molecule has 3 heteroatoms. The van der Waals surface area contributed by atoms with E-state index in [0.717, 1.165) is 18.5 Å². The van der Waals surface area contributed by atoms with Crippen LogP contribution in [-0.2, 0) is 8.85 Å². The van der Waals surface area contributed by atoms with Crippen LogP contribution in [0.4, 0.5) is 0 Å². The van der Waals surface area contributed by atoms with E-state index in [1.807, 2.05) is 0 Å². The van der Waals surface area contributed by atoms with Crippen LogP contribution in [-0.4, -0.2) is 22.8 Å². The van der Waals surface area contributed by atoms with Crippen LogP contribution in [0.1, 0.15) is 31.7 Å². The molecule has 1 rings (SSSR count). The molecular weight excluding hydrogens is 228 g/mol. The van der Waals surface area contributed by atoms with Crippen LogP contribution in [0.3, 0.4) is 0 Å².